The summed E-state index contributed by atoms with van der Waals surface area (Å²) in [6.45, 7) is 5.87. The maximum absolute atomic E-state index is 13.7. The molecule has 202 valence electrons. The molecule has 0 fully saturated rings. The van der Waals surface area contributed by atoms with Crippen LogP contribution in [-0.2, 0) is 16.0 Å². The summed E-state index contributed by atoms with van der Waals surface area (Å²) in [6.07, 6.45) is 0.794. The maximum Gasteiger partial charge on any atom is 0.254 e. The van der Waals surface area contributed by atoms with Crippen LogP contribution >= 0.6 is 11.3 Å². The molecule has 1 atom stereocenters. The number of hydrogen-bond acceptors (Lipinski definition) is 6. The fraction of sp³-hybridized carbons (Fsp3) is 0.400. The second kappa shape index (κ2) is 12.9. The van der Waals surface area contributed by atoms with Crippen molar-refractivity contribution in [3.63, 3.8) is 0 Å². The van der Waals surface area contributed by atoms with Crippen LogP contribution in [-0.4, -0.2) is 68.7 Å². The van der Waals surface area contributed by atoms with E-state index < -0.39 is 0 Å². The van der Waals surface area contributed by atoms with Gasteiger partial charge in [-0.05, 0) is 71.3 Å². The molecule has 2 aromatic carbocycles. The summed E-state index contributed by atoms with van der Waals surface area (Å²) in [5.41, 5.74) is 2.88. The fourth-order valence-electron chi connectivity index (χ4n) is 4.62. The highest BCUT2D eigenvalue weighted by Gasteiger charge is 2.33. The number of hydrogen-bond donors (Lipinski definition) is 0. The Kier molecular flexibility index (Phi) is 9.42. The fourth-order valence-corrected chi connectivity index (χ4v) is 5.55. The Balaban J connectivity index is 1.50. The Bertz CT molecular complexity index is 1210. The van der Waals surface area contributed by atoms with Crippen molar-refractivity contribution in [2.45, 2.75) is 32.2 Å². The third-order valence-electron chi connectivity index (χ3n) is 6.89. The number of carbonyl (C=O) groups is 2. The van der Waals surface area contributed by atoms with Crippen LogP contribution in [0.4, 0.5) is 0 Å². The van der Waals surface area contributed by atoms with Crippen LogP contribution in [0.15, 0.2) is 60.0 Å². The average molecular weight is 537 g/mol. The van der Waals surface area contributed by atoms with E-state index in [2.05, 4.69) is 37.4 Å². The van der Waals surface area contributed by atoms with Gasteiger partial charge in [-0.15, -0.1) is 11.3 Å². The second-order valence-electron chi connectivity index (χ2n) is 9.63. The van der Waals surface area contributed by atoms with Gasteiger partial charge in [0, 0.05) is 30.6 Å². The van der Waals surface area contributed by atoms with Gasteiger partial charge >= 0.3 is 0 Å². The number of ether oxygens (including phenoxy) is 3. The van der Waals surface area contributed by atoms with Gasteiger partial charge in [-0.25, -0.2) is 0 Å². The molecule has 1 aliphatic rings. The summed E-state index contributed by atoms with van der Waals surface area (Å²) in [6, 6.07) is 16.9. The minimum Gasteiger partial charge on any atom is -0.497 e. The number of fused-ring (bicyclic) bond motifs is 1. The number of amides is 2. The molecule has 3 aromatic rings. The van der Waals surface area contributed by atoms with E-state index in [1.54, 1.807) is 54.7 Å². The highest BCUT2D eigenvalue weighted by molar-refractivity contribution is 7.10. The van der Waals surface area contributed by atoms with Crippen LogP contribution in [0.25, 0.3) is 0 Å². The average Bonchev–Trinajstić information content (AvgIpc) is 3.43. The Morgan fingerprint density at radius 2 is 1.74 bits per heavy atom. The molecule has 8 heteroatoms. The quantitative estimate of drug-likeness (QED) is 0.338. The van der Waals surface area contributed by atoms with Gasteiger partial charge in [0.05, 0.1) is 19.8 Å². The summed E-state index contributed by atoms with van der Waals surface area (Å²) in [5.74, 6) is 1.57. The van der Waals surface area contributed by atoms with Crippen LogP contribution in [0.2, 0.25) is 0 Å². The normalized spacial score (nSPS) is 14.8. The van der Waals surface area contributed by atoms with Crippen molar-refractivity contribution in [2.75, 3.05) is 47.1 Å². The Morgan fingerprint density at radius 1 is 1.03 bits per heavy atom. The van der Waals surface area contributed by atoms with E-state index in [0.29, 0.717) is 43.5 Å². The lowest BCUT2D eigenvalue weighted by molar-refractivity contribution is -0.135. The SMILES string of the molecule is COCCN(CC(=O)N1CCc2sccc2[C@H]1COc1ccc(C(C)C)cc1)C(=O)c1ccc(OC)cc1. The molecule has 0 unspecified atom stereocenters. The first-order chi connectivity index (χ1) is 18.4. The number of carbonyl (C=O) groups excluding carboxylic acids is 2. The number of thiophene rings is 1. The van der Waals surface area contributed by atoms with Crippen LogP contribution in [0.1, 0.15) is 52.2 Å². The van der Waals surface area contributed by atoms with Crippen LogP contribution in [0, 0.1) is 0 Å². The Hall–Kier alpha value is -3.36. The molecule has 0 N–H and O–H groups in total. The van der Waals surface area contributed by atoms with E-state index in [-0.39, 0.29) is 24.4 Å². The van der Waals surface area contributed by atoms with Gasteiger partial charge in [-0.2, -0.15) is 0 Å². The van der Waals surface area contributed by atoms with Crippen LogP contribution in [0.3, 0.4) is 0 Å². The molecule has 2 heterocycles. The maximum atomic E-state index is 13.7. The first-order valence-electron chi connectivity index (χ1n) is 12.9. The van der Waals surface area contributed by atoms with Gasteiger partial charge in [-0.1, -0.05) is 26.0 Å². The first-order valence-corrected chi connectivity index (χ1v) is 13.8. The smallest absolute Gasteiger partial charge is 0.254 e. The van der Waals surface area contributed by atoms with Crippen molar-refractivity contribution in [2.24, 2.45) is 0 Å². The van der Waals surface area contributed by atoms with Gasteiger partial charge in [0.2, 0.25) is 5.91 Å². The minimum absolute atomic E-state index is 0.0344. The standard InChI is InChI=1S/C30H36N2O5S/c1-21(2)22-5-11-25(12-6-22)37-20-27-26-14-18-38-28(26)13-15-32(27)29(33)19-31(16-17-35-3)30(34)23-7-9-24(36-4)10-8-23/h5-12,14,18,21,27H,13,15-17,19-20H2,1-4H3/t27-/m1/s1. The number of rotatable bonds is 11. The van der Waals surface area contributed by atoms with Gasteiger partial charge < -0.3 is 24.0 Å². The van der Waals surface area contributed by atoms with Crippen molar-refractivity contribution >= 4 is 23.2 Å². The monoisotopic (exact) mass is 536 g/mol. The summed E-state index contributed by atoms with van der Waals surface area (Å²) < 4.78 is 16.6. The molecule has 0 radical (unpaired) electrons. The molecule has 0 saturated carbocycles. The van der Waals surface area contributed by atoms with E-state index in [1.165, 1.54) is 10.4 Å². The zero-order chi connectivity index (χ0) is 27.1. The highest BCUT2D eigenvalue weighted by atomic mass is 32.1. The molecule has 7 nitrogen and oxygen atoms in total. The lowest BCUT2D eigenvalue weighted by atomic mass is 10.00. The highest BCUT2D eigenvalue weighted by Crippen LogP contribution is 2.34. The summed E-state index contributed by atoms with van der Waals surface area (Å²) in [5, 5.41) is 2.07. The molecule has 38 heavy (non-hydrogen) atoms. The molecule has 0 bridgehead atoms. The van der Waals surface area contributed by atoms with Crippen LogP contribution in [0.5, 0.6) is 11.5 Å². The van der Waals surface area contributed by atoms with E-state index in [9.17, 15) is 9.59 Å². The lowest BCUT2D eigenvalue weighted by Crippen LogP contribution is -2.48. The molecule has 2 amide bonds. The molecular weight excluding hydrogens is 500 g/mol. The second-order valence-corrected chi connectivity index (χ2v) is 10.6. The topological polar surface area (TPSA) is 68.3 Å². The predicted molar refractivity (Wildman–Crippen MR) is 149 cm³/mol. The summed E-state index contributed by atoms with van der Waals surface area (Å²) >= 11 is 1.72. The first kappa shape index (κ1) is 27.7. The molecule has 1 aliphatic heterocycles. The molecule has 4 rings (SSSR count). The van der Waals surface area contributed by atoms with Crippen molar-refractivity contribution in [1.82, 2.24) is 9.80 Å². The van der Waals surface area contributed by atoms with Gasteiger partial charge in [-0.3, -0.25) is 9.59 Å². The van der Waals surface area contributed by atoms with Crippen molar-refractivity contribution < 1.29 is 23.8 Å². The van der Waals surface area contributed by atoms with Gasteiger partial charge in [0.1, 0.15) is 24.7 Å². The Morgan fingerprint density at radius 3 is 2.39 bits per heavy atom. The van der Waals surface area contributed by atoms with Gasteiger partial charge in [0.15, 0.2) is 0 Å². The third kappa shape index (κ3) is 6.55. The number of nitrogens with zero attached hydrogens (tertiary/aromatic N) is 2. The largest absolute Gasteiger partial charge is 0.497 e. The van der Waals surface area contributed by atoms with Crippen molar-refractivity contribution in [3.8, 4) is 11.5 Å². The summed E-state index contributed by atoms with van der Waals surface area (Å²) in [7, 11) is 3.17. The van der Waals surface area contributed by atoms with Crippen molar-refractivity contribution in [3.05, 3.63) is 81.5 Å². The Labute approximate surface area is 228 Å². The van der Waals surface area contributed by atoms with Crippen LogP contribution < -0.4 is 9.47 Å². The van der Waals surface area contributed by atoms with E-state index in [4.69, 9.17) is 14.2 Å². The molecule has 0 aliphatic carbocycles. The zero-order valence-corrected chi connectivity index (χ0v) is 23.3. The number of benzene rings is 2. The molecule has 0 saturated heterocycles. The van der Waals surface area contributed by atoms with E-state index in [0.717, 1.165) is 17.7 Å². The molecule has 0 spiro atoms. The zero-order valence-electron chi connectivity index (χ0n) is 22.5. The third-order valence-corrected chi connectivity index (χ3v) is 7.88. The summed E-state index contributed by atoms with van der Waals surface area (Å²) in [4.78, 5) is 31.7. The minimum atomic E-state index is -0.220. The van der Waals surface area contributed by atoms with Crippen molar-refractivity contribution in [1.29, 1.82) is 0 Å². The molecule has 1 aromatic heterocycles. The van der Waals surface area contributed by atoms with E-state index >= 15 is 0 Å². The predicted octanol–water partition coefficient (Wildman–Crippen LogP) is 5.17. The lowest BCUT2D eigenvalue weighted by Gasteiger charge is -2.37. The molecular formula is C30H36N2O5S. The number of methoxy groups -OCH3 is 2. The van der Waals surface area contributed by atoms with E-state index in [1.807, 2.05) is 17.0 Å². The van der Waals surface area contributed by atoms with Gasteiger partial charge in [0.25, 0.3) is 5.91 Å².